The van der Waals surface area contributed by atoms with Crippen LogP contribution in [0.2, 0.25) is 0 Å². The van der Waals surface area contributed by atoms with E-state index < -0.39 is 26.8 Å². The first-order valence-corrected chi connectivity index (χ1v) is 11.2. The smallest absolute Gasteiger partial charge is 0.245 e. The maximum Gasteiger partial charge on any atom is 0.416 e. The van der Waals surface area contributed by atoms with Crippen LogP contribution in [0.3, 0.4) is 0 Å². The van der Waals surface area contributed by atoms with Crippen LogP contribution in [-0.4, -0.2) is 47.1 Å². The van der Waals surface area contributed by atoms with E-state index in [0.29, 0.717) is 17.6 Å². The molecule has 2 fully saturated rings. The molecule has 2 aromatic rings. The topological polar surface area (TPSA) is 70.3 Å². The van der Waals surface area contributed by atoms with Gasteiger partial charge in [-0.15, -0.1) is 0 Å². The average molecular weight is 440 g/mol. The minimum atomic E-state index is -4.45. The second-order valence-corrected chi connectivity index (χ2v) is 9.95. The Balaban J connectivity index is 1.45. The van der Waals surface area contributed by atoms with E-state index in [4.69, 9.17) is 0 Å². The molecule has 0 spiro atoms. The maximum absolute atomic E-state index is 12.9. The van der Waals surface area contributed by atoms with Gasteiger partial charge in [0.1, 0.15) is 0 Å². The fourth-order valence-corrected chi connectivity index (χ4v) is 6.21. The zero-order valence-electron chi connectivity index (χ0n) is 16.0. The van der Waals surface area contributed by atoms with Crippen molar-refractivity contribution in [1.82, 2.24) is 9.88 Å². The summed E-state index contributed by atoms with van der Waals surface area (Å²) in [4.78, 5) is 18.5. The number of aromatic nitrogens is 1. The van der Waals surface area contributed by atoms with Crippen LogP contribution in [0.25, 0.3) is 0 Å². The Morgan fingerprint density at radius 1 is 1.03 bits per heavy atom. The van der Waals surface area contributed by atoms with Gasteiger partial charge in [-0.25, -0.2) is 18.3 Å². The van der Waals surface area contributed by atoms with Gasteiger partial charge in [0.25, 0.3) is 12.4 Å². The van der Waals surface area contributed by atoms with Crippen molar-refractivity contribution in [3.8, 4) is 0 Å². The third-order valence-electron chi connectivity index (χ3n) is 5.98. The lowest BCUT2D eigenvalue weighted by Crippen LogP contribution is -2.48. The summed E-state index contributed by atoms with van der Waals surface area (Å²) in [6, 6.07) is 8.79. The number of nitrogens with zero attached hydrogens (tertiary/aromatic N) is 3. The SMILES string of the molecule is O=[N+](CN1C2CCC1CC(S(=O)(=O)c1ccccn1)C2)c1ccc(C(F)(F)F)cc1. The second kappa shape index (κ2) is 7.73. The number of piperidine rings is 1. The van der Waals surface area contributed by atoms with E-state index in [9.17, 15) is 26.5 Å². The lowest BCUT2D eigenvalue weighted by atomic mass is 10.0. The first-order chi connectivity index (χ1) is 14.2. The molecule has 3 heterocycles. The Bertz CT molecular complexity index is 1010. The number of pyridine rings is 1. The van der Waals surface area contributed by atoms with E-state index in [-0.39, 0.29) is 29.5 Å². The third kappa shape index (κ3) is 3.98. The largest absolute Gasteiger partial charge is 0.416 e. The quantitative estimate of drug-likeness (QED) is 0.659. The Morgan fingerprint density at radius 2 is 1.67 bits per heavy atom. The molecule has 1 aromatic carbocycles. The van der Waals surface area contributed by atoms with Crippen molar-refractivity contribution < 1.29 is 26.3 Å². The van der Waals surface area contributed by atoms with Crippen LogP contribution in [0.4, 0.5) is 18.9 Å². The van der Waals surface area contributed by atoms with Gasteiger partial charge in [-0.1, -0.05) is 6.07 Å². The van der Waals surface area contributed by atoms with E-state index in [0.717, 1.165) is 37.1 Å². The monoisotopic (exact) mass is 440 g/mol. The minimum absolute atomic E-state index is 0.00292. The Labute approximate surface area is 172 Å². The molecular weight excluding hydrogens is 419 g/mol. The summed E-state index contributed by atoms with van der Waals surface area (Å²) in [7, 11) is -3.55. The number of nitroso groups, excluding NO2 is 1. The molecule has 0 amide bonds. The fourth-order valence-electron chi connectivity index (χ4n) is 4.44. The summed E-state index contributed by atoms with van der Waals surface area (Å²) in [5.74, 6) is 0. The molecule has 2 aliphatic rings. The minimum Gasteiger partial charge on any atom is -0.245 e. The van der Waals surface area contributed by atoms with Crippen LogP contribution in [0.1, 0.15) is 31.2 Å². The molecule has 2 aliphatic heterocycles. The van der Waals surface area contributed by atoms with E-state index >= 15 is 0 Å². The molecule has 0 aliphatic carbocycles. The normalized spacial score (nSPS) is 24.7. The molecule has 0 saturated carbocycles. The summed E-state index contributed by atoms with van der Waals surface area (Å²) in [5, 5.41) is -0.481. The van der Waals surface area contributed by atoms with Crippen LogP contribution in [-0.2, 0) is 16.0 Å². The molecule has 2 saturated heterocycles. The first kappa shape index (κ1) is 20.9. The number of fused-ring (bicyclic) bond motifs is 2. The van der Waals surface area contributed by atoms with Crippen molar-refractivity contribution in [2.45, 2.75) is 54.2 Å². The van der Waals surface area contributed by atoms with Crippen molar-refractivity contribution >= 4 is 15.5 Å². The Morgan fingerprint density at radius 3 is 2.20 bits per heavy atom. The Hall–Kier alpha value is -2.33. The van der Waals surface area contributed by atoms with Crippen LogP contribution in [0.5, 0.6) is 0 Å². The molecule has 2 atom stereocenters. The molecule has 1 aromatic heterocycles. The van der Waals surface area contributed by atoms with Gasteiger partial charge in [0.05, 0.1) is 15.6 Å². The predicted octanol–water partition coefficient (Wildman–Crippen LogP) is 3.94. The standard InChI is InChI=1S/C20H21F3N3O3S/c21-20(22,23)14-4-6-15(7-5-14)26(27)13-25-16-8-9-17(25)12-18(11-16)30(28,29)19-3-1-2-10-24-19/h1-7,10,16-18H,8-9,11-13H2/q+1. The molecule has 2 bridgehead atoms. The summed E-state index contributed by atoms with van der Waals surface area (Å²) >= 11 is 0. The summed E-state index contributed by atoms with van der Waals surface area (Å²) < 4.78 is 64.6. The van der Waals surface area contributed by atoms with Crippen molar-refractivity contribution in [1.29, 1.82) is 0 Å². The van der Waals surface area contributed by atoms with Crippen LogP contribution in [0.15, 0.2) is 53.7 Å². The van der Waals surface area contributed by atoms with Gasteiger partial charge in [0.2, 0.25) is 0 Å². The fraction of sp³-hybridized carbons (Fsp3) is 0.450. The highest BCUT2D eigenvalue weighted by atomic mass is 32.2. The molecular formula is C20H21F3N3O3S+. The van der Waals surface area contributed by atoms with Crippen molar-refractivity contribution in [3.05, 3.63) is 59.1 Å². The van der Waals surface area contributed by atoms with E-state index in [2.05, 4.69) is 4.98 Å². The molecule has 10 heteroatoms. The number of hydrogen-bond acceptors (Lipinski definition) is 5. The van der Waals surface area contributed by atoms with Gasteiger partial charge in [-0.2, -0.15) is 13.2 Å². The highest BCUT2D eigenvalue weighted by Crippen LogP contribution is 2.40. The van der Waals surface area contributed by atoms with Gasteiger partial charge >= 0.3 is 6.18 Å². The number of halogens is 3. The summed E-state index contributed by atoms with van der Waals surface area (Å²) in [6.45, 7) is -0.00292. The van der Waals surface area contributed by atoms with Gasteiger partial charge in [-0.3, -0.25) is 0 Å². The molecule has 2 unspecified atom stereocenters. The molecule has 30 heavy (non-hydrogen) atoms. The average Bonchev–Trinajstić information content (AvgIpc) is 2.95. The molecule has 6 nitrogen and oxygen atoms in total. The second-order valence-electron chi connectivity index (χ2n) is 7.77. The predicted molar refractivity (Wildman–Crippen MR) is 103 cm³/mol. The number of hydrogen-bond donors (Lipinski definition) is 0. The third-order valence-corrected chi connectivity index (χ3v) is 8.07. The van der Waals surface area contributed by atoms with Crippen LogP contribution in [0, 0.1) is 4.91 Å². The van der Waals surface area contributed by atoms with Crippen molar-refractivity contribution in [2.24, 2.45) is 0 Å². The molecule has 0 radical (unpaired) electrons. The highest BCUT2D eigenvalue weighted by molar-refractivity contribution is 7.92. The number of sulfone groups is 1. The number of alkyl halides is 3. The Kier molecular flexibility index (Phi) is 5.39. The summed E-state index contributed by atoms with van der Waals surface area (Å²) in [6.07, 6.45) is -0.589. The molecule has 0 N–H and O–H groups in total. The van der Waals surface area contributed by atoms with Gasteiger partial charge in [-0.05, 0) is 49.9 Å². The molecule has 4 rings (SSSR count). The van der Waals surface area contributed by atoms with E-state index in [1.807, 2.05) is 4.90 Å². The zero-order chi connectivity index (χ0) is 21.5. The van der Waals surface area contributed by atoms with Gasteiger partial charge in [0, 0.05) is 35.3 Å². The lowest BCUT2D eigenvalue weighted by Gasteiger charge is -2.35. The number of rotatable bonds is 5. The van der Waals surface area contributed by atoms with Crippen LogP contribution >= 0.6 is 0 Å². The van der Waals surface area contributed by atoms with Crippen molar-refractivity contribution in [3.63, 3.8) is 0 Å². The molecule has 160 valence electrons. The zero-order valence-corrected chi connectivity index (χ0v) is 16.8. The van der Waals surface area contributed by atoms with Crippen molar-refractivity contribution in [2.75, 3.05) is 6.67 Å². The number of benzene rings is 1. The van der Waals surface area contributed by atoms with Crippen LogP contribution < -0.4 is 0 Å². The lowest BCUT2D eigenvalue weighted by molar-refractivity contribution is -0.492. The van der Waals surface area contributed by atoms with Gasteiger partial charge in [0.15, 0.2) is 14.9 Å². The van der Waals surface area contributed by atoms with E-state index in [1.165, 1.54) is 12.3 Å². The summed E-state index contributed by atoms with van der Waals surface area (Å²) in [5.41, 5.74) is -0.661. The first-order valence-electron chi connectivity index (χ1n) is 9.69. The maximum atomic E-state index is 12.9. The van der Waals surface area contributed by atoms with Gasteiger partial charge < -0.3 is 0 Å². The highest BCUT2D eigenvalue weighted by Gasteiger charge is 2.47. The van der Waals surface area contributed by atoms with E-state index in [1.54, 1.807) is 12.1 Å².